The Morgan fingerprint density at radius 3 is 2.55 bits per heavy atom. The maximum absolute atomic E-state index is 13.7. The quantitative estimate of drug-likeness (QED) is 0.351. The van der Waals surface area contributed by atoms with Crippen LogP contribution in [0.5, 0.6) is 0 Å². The van der Waals surface area contributed by atoms with Crippen molar-refractivity contribution in [1.29, 1.82) is 0 Å². The maximum atomic E-state index is 13.7. The van der Waals surface area contributed by atoms with Gasteiger partial charge in [-0.3, -0.25) is 9.97 Å². The fraction of sp³-hybridized carbons (Fsp3) is 0.120. The van der Waals surface area contributed by atoms with E-state index >= 15 is 0 Å². The summed E-state index contributed by atoms with van der Waals surface area (Å²) in [6.45, 7) is 4.14. The van der Waals surface area contributed by atoms with Crippen molar-refractivity contribution < 1.29 is 8.81 Å². The zero-order valence-corrected chi connectivity index (χ0v) is 16.2. The van der Waals surface area contributed by atoms with Gasteiger partial charge in [-0.05, 0) is 36.8 Å². The van der Waals surface area contributed by atoms with Crippen LogP contribution in [0.1, 0.15) is 29.8 Å². The summed E-state index contributed by atoms with van der Waals surface area (Å²) < 4.78 is 19.8. The average molecular weight is 382 g/mol. The molecule has 3 heterocycles. The number of benzene rings is 2. The van der Waals surface area contributed by atoms with Crippen molar-refractivity contribution in [3.8, 4) is 11.3 Å². The largest absolute Gasteiger partial charge is 0.456 e. The predicted molar refractivity (Wildman–Crippen MR) is 113 cm³/mol. The first-order chi connectivity index (χ1) is 14.1. The first kappa shape index (κ1) is 17.6. The lowest BCUT2D eigenvalue weighted by molar-refractivity contribution is 0.626. The van der Waals surface area contributed by atoms with E-state index in [0.29, 0.717) is 5.69 Å². The van der Waals surface area contributed by atoms with Gasteiger partial charge in [0.1, 0.15) is 17.0 Å². The Labute approximate surface area is 167 Å². The molecule has 3 aromatic heterocycles. The van der Waals surface area contributed by atoms with Gasteiger partial charge in [-0.2, -0.15) is 0 Å². The number of hydrogen-bond acceptors (Lipinski definition) is 3. The van der Waals surface area contributed by atoms with E-state index in [9.17, 15) is 4.39 Å². The van der Waals surface area contributed by atoms with E-state index in [0.717, 1.165) is 38.9 Å². The summed E-state index contributed by atoms with van der Waals surface area (Å²) in [4.78, 5) is 9.19. The Balaban J connectivity index is 1.77. The minimum Gasteiger partial charge on any atom is -0.456 e. The fourth-order valence-corrected chi connectivity index (χ4v) is 3.89. The van der Waals surface area contributed by atoms with E-state index in [1.54, 1.807) is 0 Å². The van der Waals surface area contributed by atoms with Gasteiger partial charge in [0.2, 0.25) is 0 Å². The van der Waals surface area contributed by atoms with E-state index in [1.165, 1.54) is 23.9 Å². The number of aryl methyl sites for hydroxylation is 1. The van der Waals surface area contributed by atoms with Crippen molar-refractivity contribution >= 4 is 21.9 Å². The molecule has 0 saturated heterocycles. The molecule has 0 spiro atoms. The molecule has 0 bridgehead atoms. The molecule has 2 aromatic carbocycles. The van der Waals surface area contributed by atoms with Gasteiger partial charge in [-0.25, -0.2) is 4.39 Å². The standard InChI is InChI=1S/C25H19FN2O/c1-15-12-23-24(25(28-15)16(2)17-6-4-3-5-7-17)20-13-18(8-9-22(20)29-23)21-14-19(26)10-11-27-21/h3-14,16H,1-2H3. The molecule has 1 atom stereocenters. The van der Waals surface area contributed by atoms with E-state index < -0.39 is 0 Å². The van der Waals surface area contributed by atoms with Gasteiger partial charge in [0.15, 0.2) is 0 Å². The molecule has 0 amide bonds. The zero-order valence-electron chi connectivity index (χ0n) is 16.2. The van der Waals surface area contributed by atoms with Gasteiger partial charge < -0.3 is 4.42 Å². The van der Waals surface area contributed by atoms with Gasteiger partial charge in [0.25, 0.3) is 0 Å². The van der Waals surface area contributed by atoms with Gasteiger partial charge in [0.05, 0.1) is 16.8 Å². The molecule has 3 nitrogen and oxygen atoms in total. The minimum atomic E-state index is -0.303. The van der Waals surface area contributed by atoms with E-state index in [1.807, 2.05) is 49.4 Å². The lowest BCUT2D eigenvalue weighted by atomic mass is 9.93. The topological polar surface area (TPSA) is 38.9 Å². The van der Waals surface area contributed by atoms with Crippen molar-refractivity contribution in [3.63, 3.8) is 0 Å². The summed E-state index contributed by atoms with van der Waals surface area (Å²) in [5.74, 6) is -0.196. The van der Waals surface area contributed by atoms with Crippen LogP contribution in [0.4, 0.5) is 4.39 Å². The Morgan fingerprint density at radius 2 is 1.76 bits per heavy atom. The second-order valence-electron chi connectivity index (χ2n) is 7.33. The van der Waals surface area contributed by atoms with Crippen LogP contribution in [0, 0.1) is 12.7 Å². The molecule has 142 valence electrons. The van der Waals surface area contributed by atoms with E-state index in [4.69, 9.17) is 9.40 Å². The number of pyridine rings is 2. The second kappa shape index (κ2) is 6.82. The molecule has 0 N–H and O–H groups in total. The molecule has 4 heteroatoms. The van der Waals surface area contributed by atoms with Crippen molar-refractivity contribution in [2.24, 2.45) is 0 Å². The maximum Gasteiger partial charge on any atom is 0.139 e. The van der Waals surface area contributed by atoms with Crippen molar-refractivity contribution in [2.45, 2.75) is 19.8 Å². The molecule has 29 heavy (non-hydrogen) atoms. The molecule has 0 saturated carbocycles. The molecule has 0 fully saturated rings. The van der Waals surface area contributed by atoms with Gasteiger partial charge in [-0.15, -0.1) is 0 Å². The first-order valence-corrected chi connectivity index (χ1v) is 9.61. The summed E-state index contributed by atoms with van der Waals surface area (Å²) in [5, 5.41) is 1.97. The molecule has 0 aliphatic heterocycles. The van der Waals surface area contributed by atoms with Crippen LogP contribution in [0.15, 0.2) is 77.3 Å². The third-order valence-corrected chi connectivity index (χ3v) is 5.34. The molecular formula is C25H19FN2O. The first-order valence-electron chi connectivity index (χ1n) is 9.61. The summed E-state index contributed by atoms with van der Waals surface area (Å²) in [5.41, 5.74) is 6.14. The third-order valence-electron chi connectivity index (χ3n) is 5.34. The molecule has 0 aliphatic rings. The monoisotopic (exact) mass is 382 g/mol. The van der Waals surface area contributed by atoms with E-state index in [-0.39, 0.29) is 11.7 Å². The van der Waals surface area contributed by atoms with Crippen molar-refractivity contribution in [3.05, 3.63) is 95.7 Å². The lowest BCUT2D eigenvalue weighted by Gasteiger charge is -2.13. The predicted octanol–water partition coefficient (Wildman–Crippen LogP) is 6.64. The Bertz CT molecular complexity index is 1340. The van der Waals surface area contributed by atoms with Crippen LogP contribution < -0.4 is 0 Å². The summed E-state index contributed by atoms with van der Waals surface area (Å²) in [6.07, 6.45) is 1.48. The number of fused-ring (bicyclic) bond motifs is 3. The zero-order chi connectivity index (χ0) is 20.0. The Hall–Kier alpha value is -3.53. The SMILES string of the molecule is Cc1cc2oc3ccc(-c4cc(F)ccn4)cc3c2c(C(C)c2ccccc2)n1. The molecule has 5 rings (SSSR count). The van der Waals surface area contributed by atoms with Crippen molar-refractivity contribution in [2.75, 3.05) is 0 Å². The molecular weight excluding hydrogens is 363 g/mol. The van der Waals surface area contributed by atoms with Crippen LogP contribution >= 0.6 is 0 Å². The highest BCUT2D eigenvalue weighted by Gasteiger charge is 2.19. The van der Waals surface area contributed by atoms with Crippen LogP contribution in [0.25, 0.3) is 33.2 Å². The number of hydrogen-bond donors (Lipinski definition) is 0. The molecule has 0 radical (unpaired) electrons. The highest BCUT2D eigenvalue weighted by molar-refractivity contribution is 6.07. The summed E-state index contributed by atoms with van der Waals surface area (Å²) in [7, 11) is 0. The highest BCUT2D eigenvalue weighted by Crippen LogP contribution is 2.37. The van der Waals surface area contributed by atoms with Crippen LogP contribution in [-0.2, 0) is 0 Å². The smallest absolute Gasteiger partial charge is 0.139 e. The van der Waals surface area contributed by atoms with Crippen molar-refractivity contribution in [1.82, 2.24) is 9.97 Å². The molecule has 5 aromatic rings. The van der Waals surface area contributed by atoms with Crippen LogP contribution in [0.2, 0.25) is 0 Å². The number of aromatic nitrogens is 2. The summed E-state index contributed by atoms with van der Waals surface area (Å²) in [6, 6.07) is 20.9. The molecule has 1 unspecified atom stereocenters. The Morgan fingerprint density at radius 1 is 0.931 bits per heavy atom. The third kappa shape index (κ3) is 3.07. The fourth-order valence-electron chi connectivity index (χ4n) is 3.89. The number of halogens is 1. The van der Waals surface area contributed by atoms with Crippen LogP contribution in [0.3, 0.4) is 0 Å². The molecule has 0 aliphatic carbocycles. The van der Waals surface area contributed by atoms with Gasteiger partial charge in [-0.1, -0.05) is 37.3 Å². The average Bonchev–Trinajstić information content (AvgIpc) is 3.10. The van der Waals surface area contributed by atoms with Gasteiger partial charge in [0, 0.05) is 40.9 Å². The summed E-state index contributed by atoms with van der Waals surface area (Å²) >= 11 is 0. The number of nitrogens with zero attached hydrogens (tertiary/aromatic N) is 2. The number of rotatable bonds is 3. The second-order valence-corrected chi connectivity index (χ2v) is 7.33. The normalized spacial score (nSPS) is 12.5. The number of furan rings is 1. The lowest BCUT2D eigenvalue weighted by Crippen LogP contribution is -2.01. The minimum absolute atomic E-state index is 0.107. The van der Waals surface area contributed by atoms with Gasteiger partial charge >= 0.3 is 0 Å². The Kier molecular flexibility index (Phi) is 4.13. The van der Waals surface area contributed by atoms with E-state index in [2.05, 4.69) is 24.0 Å². The highest BCUT2D eigenvalue weighted by atomic mass is 19.1. The van der Waals surface area contributed by atoms with Crippen LogP contribution in [-0.4, -0.2) is 9.97 Å².